The second-order valence-electron chi connectivity index (χ2n) is 2.91. The fourth-order valence-corrected chi connectivity index (χ4v) is 2.63. The Morgan fingerprint density at radius 1 is 1.44 bits per heavy atom. The molecule has 0 heterocycles. The van der Waals surface area contributed by atoms with Gasteiger partial charge in [-0.05, 0) is 49.6 Å². The fraction of sp³-hybridized carbons (Fsp3) is 0.300. The van der Waals surface area contributed by atoms with E-state index in [4.69, 9.17) is 9.84 Å². The van der Waals surface area contributed by atoms with Crippen LogP contribution < -0.4 is 10.2 Å². The van der Waals surface area contributed by atoms with E-state index in [9.17, 15) is 0 Å². The molecule has 6 heteroatoms. The van der Waals surface area contributed by atoms with Gasteiger partial charge < -0.3 is 15.3 Å². The number of hydrogen-bond acceptors (Lipinski definition) is 4. The second-order valence-corrected chi connectivity index (χ2v) is 4.62. The number of ether oxygens (including phenoxy) is 1. The number of nitrogens with one attached hydrogen (secondary N) is 1. The van der Waals surface area contributed by atoms with Gasteiger partial charge in [0.2, 0.25) is 0 Å². The zero-order chi connectivity index (χ0) is 12.0. The van der Waals surface area contributed by atoms with Gasteiger partial charge in [0.1, 0.15) is 5.75 Å². The summed E-state index contributed by atoms with van der Waals surface area (Å²) in [5.74, 6) is 0.750. The standard InChI is InChI=1S/C10H12Br2N2O2/c1-16-10-8(11)4-7(5-9(10)12)6-14-13-2-3-15/h4-6,13,15H,2-3H2,1H3/b14-6+. The molecule has 0 radical (unpaired) electrons. The first kappa shape index (κ1) is 13.5. The lowest BCUT2D eigenvalue weighted by atomic mass is 10.2. The fourth-order valence-electron chi connectivity index (χ4n) is 1.08. The van der Waals surface area contributed by atoms with Crippen LogP contribution in [0.3, 0.4) is 0 Å². The Labute approximate surface area is 111 Å². The summed E-state index contributed by atoms with van der Waals surface area (Å²) in [6.07, 6.45) is 1.67. The summed E-state index contributed by atoms with van der Waals surface area (Å²) >= 11 is 6.81. The van der Waals surface area contributed by atoms with Crippen LogP contribution in [0.5, 0.6) is 5.75 Å². The van der Waals surface area contributed by atoms with E-state index in [-0.39, 0.29) is 6.61 Å². The Balaban J connectivity index is 2.79. The lowest BCUT2D eigenvalue weighted by Gasteiger charge is -2.06. The van der Waals surface area contributed by atoms with E-state index in [0.29, 0.717) is 6.54 Å². The van der Waals surface area contributed by atoms with Gasteiger partial charge in [-0.25, -0.2) is 0 Å². The molecule has 2 N–H and O–H groups in total. The highest BCUT2D eigenvalue weighted by Gasteiger charge is 2.06. The quantitative estimate of drug-likeness (QED) is 0.485. The zero-order valence-electron chi connectivity index (χ0n) is 8.70. The molecule has 0 saturated carbocycles. The number of methoxy groups -OCH3 is 1. The molecule has 0 spiro atoms. The summed E-state index contributed by atoms with van der Waals surface area (Å²) < 4.78 is 6.90. The van der Waals surface area contributed by atoms with Crippen molar-refractivity contribution < 1.29 is 9.84 Å². The highest BCUT2D eigenvalue weighted by atomic mass is 79.9. The Hall–Kier alpha value is -0.590. The minimum Gasteiger partial charge on any atom is -0.494 e. The van der Waals surface area contributed by atoms with Crippen molar-refractivity contribution in [3.05, 3.63) is 26.6 Å². The monoisotopic (exact) mass is 350 g/mol. The van der Waals surface area contributed by atoms with Crippen molar-refractivity contribution in [1.29, 1.82) is 0 Å². The van der Waals surface area contributed by atoms with Gasteiger partial charge >= 0.3 is 0 Å². The lowest BCUT2D eigenvalue weighted by Crippen LogP contribution is -2.11. The van der Waals surface area contributed by atoms with Gasteiger partial charge in [-0.3, -0.25) is 0 Å². The molecule has 0 amide bonds. The zero-order valence-corrected chi connectivity index (χ0v) is 11.9. The van der Waals surface area contributed by atoms with Gasteiger partial charge in [0.25, 0.3) is 0 Å². The van der Waals surface area contributed by atoms with E-state index in [1.165, 1.54) is 0 Å². The summed E-state index contributed by atoms with van der Waals surface area (Å²) in [7, 11) is 1.61. The predicted molar refractivity (Wildman–Crippen MR) is 71.1 cm³/mol. The molecule has 0 unspecified atom stereocenters. The Bertz CT molecular complexity index is 360. The van der Waals surface area contributed by atoms with Gasteiger partial charge in [-0.15, -0.1) is 0 Å². The molecule has 0 saturated heterocycles. The molecule has 0 aromatic heterocycles. The summed E-state index contributed by atoms with van der Waals surface area (Å²) in [4.78, 5) is 0. The third-order valence-corrected chi connectivity index (χ3v) is 2.93. The number of hydrogen-bond donors (Lipinski definition) is 2. The Morgan fingerprint density at radius 3 is 2.56 bits per heavy atom. The number of aliphatic hydroxyl groups excluding tert-OH is 1. The van der Waals surface area contributed by atoms with Crippen LogP contribution in [-0.2, 0) is 0 Å². The molecule has 1 aromatic carbocycles. The third-order valence-electron chi connectivity index (χ3n) is 1.75. The van der Waals surface area contributed by atoms with Crippen molar-refractivity contribution in [3.63, 3.8) is 0 Å². The first-order valence-corrected chi connectivity index (χ1v) is 6.17. The largest absolute Gasteiger partial charge is 0.494 e. The van der Waals surface area contributed by atoms with E-state index in [2.05, 4.69) is 42.4 Å². The summed E-state index contributed by atoms with van der Waals surface area (Å²) in [5.41, 5.74) is 3.63. The van der Waals surface area contributed by atoms with Gasteiger partial charge in [-0.2, -0.15) is 5.10 Å². The molecule has 0 aliphatic rings. The Morgan fingerprint density at radius 2 is 2.06 bits per heavy atom. The second kappa shape index (κ2) is 6.88. The maximum Gasteiger partial charge on any atom is 0.147 e. The number of aliphatic hydroxyl groups is 1. The number of rotatable bonds is 5. The molecule has 1 rings (SSSR count). The highest BCUT2D eigenvalue weighted by molar-refractivity contribution is 9.11. The Kier molecular flexibility index (Phi) is 5.79. The number of halogens is 2. The predicted octanol–water partition coefficient (Wildman–Crippen LogP) is 2.14. The number of hydrazone groups is 1. The smallest absolute Gasteiger partial charge is 0.147 e. The van der Waals surface area contributed by atoms with Crippen LogP contribution >= 0.6 is 31.9 Å². The van der Waals surface area contributed by atoms with Crippen LogP contribution in [0.1, 0.15) is 5.56 Å². The van der Waals surface area contributed by atoms with Crippen LogP contribution in [-0.4, -0.2) is 31.6 Å². The molecule has 16 heavy (non-hydrogen) atoms. The van der Waals surface area contributed by atoms with E-state index < -0.39 is 0 Å². The van der Waals surface area contributed by atoms with Crippen molar-refractivity contribution in [2.75, 3.05) is 20.3 Å². The first-order valence-electron chi connectivity index (χ1n) is 4.59. The maximum atomic E-state index is 8.55. The molecule has 0 bridgehead atoms. The van der Waals surface area contributed by atoms with Crippen molar-refractivity contribution in [3.8, 4) is 5.75 Å². The molecule has 4 nitrogen and oxygen atoms in total. The molecule has 0 fully saturated rings. The average Bonchev–Trinajstić information content (AvgIpc) is 2.24. The molecule has 1 aromatic rings. The third kappa shape index (κ3) is 3.77. The van der Waals surface area contributed by atoms with Crippen LogP contribution in [0.4, 0.5) is 0 Å². The van der Waals surface area contributed by atoms with Gasteiger partial charge in [0.05, 0.1) is 35.4 Å². The van der Waals surface area contributed by atoms with Crippen LogP contribution in [0.15, 0.2) is 26.2 Å². The minimum absolute atomic E-state index is 0.0628. The number of nitrogens with zero attached hydrogens (tertiary/aromatic N) is 1. The molecule has 0 aliphatic heterocycles. The molecular formula is C10H12Br2N2O2. The van der Waals surface area contributed by atoms with Crippen molar-refractivity contribution >= 4 is 38.1 Å². The van der Waals surface area contributed by atoms with E-state index in [1.807, 2.05) is 12.1 Å². The van der Waals surface area contributed by atoms with Crippen LogP contribution in [0.25, 0.3) is 0 Å². The molecule has 88 valence electrons. The van der Waals surface area contributed by atoms with E-state index >= 15 is 0 Å². The van der Waals surface area contributed by atoms with E-state index in [1.54, 1.807) is 13.3 Å². The minimum atomic E-state index is 0.0628. The lowest BCUT2D eigenvalue weighted by molar-refractivity contribution is 0.294. The molecule has 0 aliphatic carbocycles. The summed E-state index contributed by atoms with van der Waals surface area (Å²) in [6, 6.07) is 3.79. The average molecular weight is 352 g/mol. The first-order chi connectivity index (χ1) is 7.69. The summed E-state index contributed by atoms with van der Waals surface area (Å²) in [5, 5.41) is 12.5. The van der Waals surface area contributed by atoms with Gasteiger partial charge in [-0.1, -0.05) is 0 Å². The van der Waals surface area contributed by atoms with Crippen molar-refractivity contribution in [2.24, 2.45) is 5.10 Å². The molecule has 0 atom stereocenters. The van der Waals surface area contributed by atoms with Crippen molar-refractivity contribution in [1.82, 2.24) is 5.43 Å². The van der Waals surface area contributed by atoms with Gasteiger partial charge in [0, 0.05) is 0 Å². The van der Waals surface area contributed by atoms with Crippen LogP contribution in [0.2, 0.25) is 0 Å². The maximum absolute atomic E-state index is 8.55. The topological polar surface area (TPSA) is 53.8 Å². The normalized spacial score (nSPS) is 10.8. The SMILES string of the molecule is COc1c(Br)cc(/C=N/NCCO)cc1Br. The molecular weight excluding hydrogens is 340 g/mol. The van der Waals surface area contributed by atoms with E-state index in [0.717, 1.165) is 20.3 Å². The summed E-state index contributed by atoms with van der Waals surface area (Å²) in [6.45, 7) is 0.502. The van der Waals surface area contributed by atoms with Crippen LogP contribution in [0, 0.1) is 0 Å². The van der Waals surface area contributed by atoms with Gasteiger partial charge in [0.15, 0.2) is 0 Å². The number of benzene rings is 1. The highest BCUT2D eigenvalue weighted by Crippen LogP contribution is 2.33. The van der Waals surface area contributed by atoms with Crippen molar-refractivity contribution in [2.45, 2.75) is 0 Å².